The molecule has 3 unspecified atom stereocenters. The normalized spacial score (nSPS) is 24.2. The maximum absolute atomic E-state index is 3.84. The summed E-state index contributed by atoms with van der Waals surface area (Å²) in [4.78, 5) is 0. The lowest BCUT2D eigenvalue weighted by Crippen LogP contribution is -2.41. The van der Waals surface area contributed by atoms with Gasteiger partial charge in [-0.25, -0.2) is 4.72 Å². The molecule has 0 radical (unpaired) electrons. The number of rotatable bonds is 10. The van der Waals surface area contributed by atoms with Crippen molar-refractivity contribution in [3.63, 3.8) is 0 Å². The number of benzene rings is 1. The summed E-state index contributed by atoms with van der Waals surface area (Å²) in [6.45, 7) is 9.28. The average molecular weight is 350 g/mol. The lowest BCUT2D eigenvalue weighted by molar-refractivity contribution is 0.187. The average Bonchev–Trinajstić information content (AvgIpc) is 2.56. The Hall–Kier alpha value is -0.710. The fourth-order valence-electron chi connectivity index (χ4n) is 3.73. The van der Waals surface area contributed by atoms with Gasteiger partial charge < -0.3 is 10.0 Å². The van der Waals surface area contributed by atoms with Crippen LogP contribution in [0.3, 0.4) is 0 Å². The molecule has 3 N–H and O–H groups in total. The second-order valence-electron chi connectivity index (χ2n) is 7.69. The molecule has 1 aromatic rings. The molecule has 3 nitrogen and oxygen atoms in total. The topological polar surface area (TPSA) is 36.1 Å². The Balaban J connectivity index is 1.55. The van der Waals surface area contributed by atoms with E-state index in [1.807, 2.05) is 18.2 Å². The molecule has 1 aliphatic carbocycles. The number of para-hydroxylation sites is 1. The molecule has 1 saturated carbocycles. The summed E-state index contributed by atoms with van der Waals surface area (Å²) < 4.78 is 6.69. The third kappa shape index (κ3) is 7.45. The first kappa shape index (κ1) is 19.6. The van der Waals surface area contributed by atoms with Crippen molar-refractivity contribution in [3.05, 3.63) is 30.3 Å². The van der Waals surface area contributed by atoms with Gasteiger partial charge in [-0.05, 0) is 68.5 Å². The molecule has 3 atom stereocenters. The maximum Gasteiger partial charge on any atom is 0.0451 e. The third-order valence-corrected chi connectivity index (χ3v) is 5.58. The van der Waals surface area contributed by atoms with Gasteiger partial charge in [-0.1, -0.05) is 39.0 Å². The first-order valence-electron chi connectivity index (χ1n) is 9.58. The van der Waals surface area contributed by atoms with Crippen molar-refractivity contribution in [2.75, 3.05) is 17.8 Å². The van der Waals surface area contributed by atoms with Gasteiger partial charge in [-0.3, -0.25) is 0 Å². The van der Waals surface area contributed by atoms with E-state index < -0.39 is 0 Å². The summed E-state index contributed by atoms with van der Waals surface area (Å²) in [6.07, 6.45) is 6.70. The summed E-state index contributed by atoms with van der Waals surface area (Å²) in [5.74, 6) is 2.59. The van der Waals surface area contributed by atoms with E-state index in [0.29, 0.717) is 0 Å². The Kier molecular flexibility index (Phi) is 9.00. The molecule has 136 valence electrons. The van der Waals surface area contributed by atoms with Crippen LogP contribution in [0.1, 0.15) is 52.9 Å². The highest BCUT2D eigenvalue weighted by molar-refractivity contribution is 7.98. The van der Waals surface area contributed by atoms with Gasteiger partial charge in [-0.15, -0.1) is 0 Å². The molecule has 0 aromatic heterocycles. The van der Waals surface area contributed by atoms with Crippen LogP contribution in [0.25, 0.3) is 0 Å². The van der Waals surface area contributed by atoms with Gasteiger partial charge in [0.05, 0.1) is 0 Å². The van der Waals surface area contributed by atoms with Crippen LogP contribution in [0.15, 0.2) is 30.3 Å². The SMILES string of the molecule is CC(C)CC1CC(C)CCC1NCCCNSNc1ccccc1. The lowest BCUT2D eigenvalue weighted by atomic mass is 9.75. The van der Waals surface area contributed by atoms with E-state index >= 15 is 0 Å². The number of hydrogen-bond acceptors (Lipinski definition) is 4. The maximum atomic E-state index is 3.84. The van der Waals surface area contributed by atoms with Crippen LogP contribution < -0.4 is 14.8 Å². The van der Waals surface area contributed by atoms with Crippen molar-refractivity contribution in [1.82, 2.24) is 10.0 Å². The Morgan fingerprint density at radius 3 is 2.67 bits per heavy atom. The van der Waals surface area contributed by atoms with Gasteiger partial charge in [0.2, 0.25) is 0 Å². The van der Waals surface area contributed by atoms with Crippen molar-refractivity contribution in [2.45, 2.75) is 58.9 Å². The minimum Gasteiger partial charge on any atom is -0.317 e. The molecule has 4 heteroatoms. The molecule has 1 fully saturated rings. The zero-order valence-electron chi connectivity index (χ0n) is 15.6. The molecule has 1 aromatic carbocycles. The fraction of sp³-hybridized carbons (Fsp3) is 0.700. The van der Waals surface area contributed by atoms with E-state index in [0.717, 1.165) is 42.6 Å². The Morgan fingerprint density at radius 1 is 1.12 bits per heavy atom. The van der Waals surface area contributed by atoms with Crippen LogP contribution in [-0.4, -0.2) is 19.1 Å². The van der Waals surface area contributed by atoms with Crippen LogP contribution in [0.5, 0.6) is 0 Å². The molecular formula is C20H35N3S. The molecular weight excluding hydrogens is 314 g/mol. The molecule has 2 rings (SSSR count). The number of hydrogen-bond donors (Lipinski definition) is 3. The zero-order valence-corrected chi connectivity index (χ0v) is 16.4. The highest BCUT2D eigenvalue weighted by atomic mass is 32.2. The van der Waals surface area contributed by atoms with E-state index in [-0.39, 0.29) is 0 Å². The summed E-state index contributed by atoms with van der Waals surface area (Å²) in [5.41, 5.74) is 1.14. The quantitative estimate of drug-likeness (QED) is 0.406. The molecule has 1 aliphatic rings. The molecule has 0 bridgehead atoms. The predicted octanol–water partition coefficient (Wildman–Crippen LogP) is 5.08. The summed E-state index contributed by atoms with van der Waals surface area (Å²) in [7, 11) is 0. The molecule has 24 heavy (non-hydrogen) atoms. The van der Waals surface area contributed by atoms with E-state index in [2.05, 4.69) is 47.7 Å². The highest BCUT2D eigenvalue weighted by Crippen LogP contribution is 2.33. The van der Waals surface area contributed by atoms with Crippen LogP contribution >= 0.6 is 12.1 Å². The van der Waals surface area contributed by atoms with Crippen LogP contribution in [0, 0.1) is 17.8 Å². The highest BCUT2D eigenvalue weighted by Gasteiger charge is 2.28. The van der Waals surface area contributed by atoms with Crippen LogP contribution in [0.4, 0.5) is 5.69 Å². The van der Waals surface area contributed by atoms with Crippen molar-refractivity contribution in [3.8, 4) is 0 Å². The Labute approximate surface area is 153 Å². The van der Waals surface area contributed by atoms with E-state index in [4.69, 9.17) is 0 Å². The van der Waals surface area contributed by atoms with E-state index in [9.17, 15) is 0 Å². The van der Waals surface area contributed by atoms with Crippen molar-refractivity contribution < 1.29 is 0 Å². The monoisotopic (exact) mass is 349 g/mol. The van der Waals surface area contributed by atoms with E-state index in [1.165, 1.54) is 32.1 Å². The number of nitrogens with one attached hydrogen (secondary N) is 3. The first-order chi connectivity index (χ1) is 11.6. The Bertz CT molecular complexity index is 436. The standard InChI is InChI=1S/C20H35N3S/c1-16(2)14-18-15-17(3)10-11-20(18)21-12-7-13-22-24-23-19-8-5-4-6-9-19/h4-6,8-9,16-18,20-23H,7,10-15H2,1-3H3. The predicted molar refractivity (Wildman–Crippen MR) is 108 cm³/mol. The van der Waals surface area contributed by atoms with Crippen molar-refractivity contribution >= 4 is 17.8 Å². The Morgan fingerprint density at radius 2 is 1.92 bits per heavy atom. The number of anilines is 1. The van der Waals surface area contributed by atoms with Crippen molar-refractivity contribution in [1.29, 1.82) is 0 Å². The summed E-state index contributed by atoms with van der Waals surface area (Å²) in [5, 5.41) is 3.84. The zero-order chi connectivity index (χ0) is 17.2. The lowest BCUT2D eigenvalue weighted by Gasteiger charge is -2.36. The molecule has 0 heterocycles. The summed E-state index contributed by atoms with van der Waals surface area (Å²) in [6, 6.07) is 11.0. The second kappa shape index (κ2) is 11.0. The van der Waals surface area contributed by atoms with Gasteiger partial charge in [0.25, 0.3) is 0 Å². The molecule has 0 amide bonds. The molecule has 0 spiro atoms. The third-order valence-electron chi connectivity index (χ3n) is 4.90. The second-order valence-corrected chi connectivity index (χ2v) is 8.38. The van der Waals surface area contributed by atoms with Gasteiger partial charge in [0, 0.05) is 30.4 Å². The summed E-state index contributed by atoms with van der Waals surface area (Å²) >= 11 is 1.57. The largest absolute Gasteiger partial charge is 0.317 e. The van der Waals surface area contributed by atoms with Crippen LogP contribution in [-0.2, 0) is 0 Å². The van der Waals surface area contributed by atoms with Crippen molar-refractivity contribution in [2.24, 2.45) is 17.8 Å². The van der Waals surface area contributed by atoms with Crippen LogP contribution in [0.2, 0.25) is 0 Å². The fourth-order valence-corrected chi connectivity index (χ4v) is 4.31. The molecule has 0 aliphatic heterocycles. The van der Waals surface area contributed by atoms with Gasteiger partial charge in [0.1, 0.15) is 0 Å². The minimum absolute atomic E-state index is 0.735. The van der Waals surface area contributed by atoms with Gasteiger partial charge in [-0.2, -0.15) is 0 Å². The van der Waals surface area contributed by atoms with Gasteiger partial charge >= 0.3 is 0 Å². The van der Waals surface area contributed by atoms with E-state index in [1.54, 1.807) is 12.1 Å². The van der Waals surface area contributed by atoms with Gasteiger partial charge in [0.15, 0.2) is 0 Å². The smallest absolute Gasteiger partial charge is 0.0451 e. The first-order valence-corrected chi connectivity index (χ1v) is 10.4. The molecule has 0 saturated heterocycles. The minimum atomic E-state index is 0.735.